The summed E-state index contributed by atoms with van der Waals surface area (Å²) in [5.41, 5.74) is 5.91. The summed E-state index contributed by atoms with van der Waals surface area (Å²) in [6.45, 7) is 7.32. The van der Waals surface area contributed by atoms with Gasteiger partial charge >= 0.3 is 0 Å². The van der Waals surface area contributed by atoms with Crippen LogP contribution in [0.4, 0.5) is 0 Å². The van der Waals surface area contributed by atoms with E-state index in [0.717, 1.165) is 38.8 Å². The van der Waals surface area contributed by atoms with Gasteiger partial charge in [-0.25, -0.2) is 0 Å². The van der Waals surface area contributed by atoms with Crippen LogP contribution in [0.5, 0.6) is 0 Å². The molecular formula is C40H34IrNO3-. The first-order chi connectivity index (χ1) is 21.3. The Hall–Kier alpha value is -4.57. The van der Waals surface area contributed by atoms with Gasteiger partial charge in [-0.05, 0) is 56.6 Å². The molecule has 0 aliphatic heterocycles. The molecule has 5 heteroatoms. The number of rotatable bonds is 5. The number of ketones is 1. The molecule has 1 N–H and O–H groups in total. The normalized spacial score (nSPS) is 11.6. The van der Waals surface area contributed by atoms with Gasteiger partial charge in [0.15, 0.2) is 5.78 Å². The van der Waals surface area contributed by atoms with Crippen molar-refractivity contribution in [1.82, 2.24) is 4.98 Å². The summed E-state index contributed by atoms with van der Waals surface area (Å²) in [5.74, 6) is 0.161. The second-order valence-corrected chi connectivity index (χ2v) is 11.7. The second-order valence-electron chi connectivity index (χ2n) is 11.7. The van der Waals surface area contributed by atoms with Crippen LogP contribution < -0.4 is 0 Å². The SMILES string of the molecule is CC(C)C(=O)/C=C(\O)C(C)C.[Ir].[c-]1cc2oc3cc4ccc5ccccc5c4cc3c2cc1-c1cc(-c2ccccc2)ccn1. The van der Waals surface area contributed by atoms with Gasteiger partial charge in [0.25, 0.3) is 0 Å². The van der Waals surface area contributed by atoms with Crippen LogP contribution in [0, 0.1) is 17.9 Å². The maximum Gasteiger partial charge on any atom is 0.161 e. The zero-order valence-corrected chi connectivity index (χ0v) is 28.1. The van der Waals surface area contributed by atoms with Gasteiger partial charge in [0.2, 0.25) is 0 Å². The number of hydrogen-bond acceptors (Lipinski definition) is 4. The van der Waals surface area contributed by atoms with Crippen molar-refractivity contribution in [2.24, 2.45) is 11.8 Å². The summed E-state index contributed by atoms with van der Waals surface area (Å²) in [7, 11) is 0. The Morgan fingerprint density at radius 2 is 1.44 bits per heavy atom. The van der Waals surface area contributed by atoms with E-state index in [-0.39, 0.29) is 43.5 Å². The maximum absolute atomic E-state index is 11.0. The monoisotopic (exact) mass is 769 g/mol. The predicted molar refractivity (Wildman–Crippen MR) is 182 cm³/mol. The fraction of sp³-hybridized carbons (Fsp3) is 0.150. The Labute approximate surface area is 276 Å². The number of carbonyl (C=O) groups is 1. The van der Waals surface area contributed by atoms with Gasteiger partial charge in [-0.1, -0.05) is 106 Å². The van der Waals surface area contributed by atoms with E-state index in [1.807, 2.05) is 52.1 Å². The Morgan fingerprint density at radius 1 is 0.733 bits per heavy atom. The van der Waals surface area contributed by atoms with Crippen LogP contribution in [0.1, 0.15) is 27.7 Å². The van der Waals surface area contributed by atoms with Gasteiger partial charge < -0.3 is 14.5 Å². The van der Waals surface area contributed by atoms with Crippen molar-refractivity contribution in [1.29, 1.82) is 0 Å². The predicted octanol–water partition coefficient (Wildman–Crippen LogP) is 10.7. The number of hydrogen-bond donors (Lipinski definition) is 1. The molecule has 4 nitrogen and oxygen atoms in total. The van der Waals surface area contributed by atoms with Crippen molar-refractivity contribution in [3.05, 3.63) is 127 Å². The molecule has 5 aromatic carbocycles. The van der Waals surface area contributed by atoms with Crippen molar-refractivity contribution in [3.63, 3.8) is 0 Å². The van der Waals surface area contributed by atoms with Crippen LogP contribution in [0.2, 0.25) is 0 Å². The minimum Gasteiger partial charge on any atom is -0.512 e. The number of furan rings is 1. The van der Waals surface area contributed by atoms with Crippen LogP contribution in [0.3, 0.4) is 0 Å². The molecular weight excluding hydrogens is 735 g/mol. The van der Waals surface area contributed by atoms with Crippen molar-refractivity contribution in [3.8, 4) is 22.4 Å². The molecule has 0 aliphatic carbocycles. The van der Waals surface area contributed by atoms with Crippen molar-refractivity contribution >= 4 is 49.3 Å². The Bertz CT molecular complexity index is 2160. The number of aromatic nitrogens is 1. The molecule has 0 bridgehead atoms. The van der Waals surface area contributed by atoms with Crippen molar-refractivity contribution < 1.29 is 34.4 Å². The van der Waals surface area contributed by atoms with Gasteiger partial charge in [-0.3, -0.25) is 4.79 Å². The molecule has 1 radical (unpaired) electrons. The molecule has 0 atom stereocenters. The van der Waals surface area contributed by atoms with Gasteiger partial charge in [0.05, 0.1) is 11.3 Å². The number of nitrogens with zero attached hydrogens (tertiary/aromatic N) is 1. The molecule has 227 valence electrons. The van der Waals surface area contributed by atoms with E-state index >= 15 is 0 Å². The van der Waals surface area contributed by atoms with Crippen molar-refractivity contribution in [2.75, 3.05) is 0 Å². The summed E-state index contributed by atoms with van der Waals surface area (Å²) in [5, 5.41) is 16.3. The molecule has 7 rings (SSSR count). The summed E-state index contributed by atoms with van der Waals surface area (Å²) < 4.78 is 6.20. The average molecular weight is 769 g/mol. The smallest absolute Gasteiger partial charge is 0.161 e. The quantitative estimate of drug-likeness (QED) is 0.0820. The fourth-order valence-corrected chi connectivity index (χ4v) is 5.24. The molecule has 0 saturated carbocycles. The Kier molecular flexibility index (Phi) is 9.62. The number of pyridine rings is 1. The number of carbonyl (C=O) groups excluding carboxylic acids is 1. The van der Waals surface area contributed by atoms with E-state index in [9.17, 15) is 9.90 Å². The average Bonchev–Trinajstić information content (AvgIpc) is 3.41. The Balaban J connectivity index is 0.000000289. The third-order valence-corrected chi connectivity index (χ3v) is 7.86. The summed E-state index contributed by atoms with van der Waals surface area (Å²) in [4.78, 5) is 15.7. The van der Waals surface area contributed by atoms with Gasteiger partial charge in [-0.15, -0.1) is 23.8 Å². The molecule has 0 aliphatic rings. The number of benzene rings is 5. The summed E-state index contributed by atoms with van der Waals surface area (Å²) >= 11 is 0. The first kappa shape index (κ1) is 31.8. The number of fused-ring (bicyclic) bond motifs is 6. The number of aliphatic hydroxyl groups excluding tert-OH is 1. The minimum atomic E-state index is -0.0316. The third-order valence-electron chi connectivity index (χ3n) is 7.86. The van der Waals surface area contributed by atoms with Crippen molar-refractivity contribution in [2.45, 2.75) is 27.7 Å². The van der Waals surface area contributed by atoms with Gasteiger partial charge in [-0.2, -0.15) is 0 Å². The van der Waals surface area contributed by atoms with E-state index in [1.165, 1.54) is 33.2 Å². The zero-order chi connectivity index (χ0) is 30.8. The van der Waals surface area contributed by atoms with E-state index in [1.54, 1.807) is 0 Å². The van der Waals surface area contributed by atoms with Gasteiger partial charge in [0.1, 0.15) is 5.58 Å². The topological polar surface area (TPSA) is 63.3 Å². The van der Waals surface area contributed by atoms with E-state index < -0.39 is 0 Å². The largest absolute Gasteiger partial charge is 0.512 e. The molecule has 0 saturated heterocycles. The van der Waals surface area contributed by atoms with E-state index in [0.29, 0.717) is 0 Å². The standard InChI is InChI=1S/C31H18NO.C9H16O2.Ir/c1-2-6-20(7-3-1)22-14-15-32-29(17-22)24-12-13-30-27(16-24)28-19-26-23(18-31(28)33-30)11-10-21-8-4-5-9-25(21)26;1-6(2)8(10)5-9(11)7(3)4;/h1-11,13-19H;5-7,10H,1-4H3;/q-1;;/b;8-5-;. The molecule has 7 aromatic rings. The second kappa shape index (κ2) is 13.6. The zero-order valence-electron chi connectivity index (χ0n) is 25.7. The fourth-order valence-electron chi connectivity index (χ4n) is 5.24. The molecule has 2 aromatic heterocycles. The number of aliphatic hydroxyl groups is 1. The maximum atomic E-state index is 11.0. The van der Waals surface area contributed by atoms with Gasteiger partial charge in [0, 0.05) is 49.6 Å². The van der Waals surface area contributed by atoms with E-state index in [4.69, 9.17) is 4.42 Å². The van der Waals surface area contributed by atoms with Crippen LogP contribution >= 0.6 is 0 Å². The van der Waals surface area contributed by atoms with Crippen LogP contribution in [0.25, 0.3) is 65.9 Å². The summed E-state index contributed by atoms with van der Waals surface area (Å²) in [6, 6.07) is 39.3. The first-order valence-electron chi connectivity index (χ1n) is 14.9. The Morgan fingerprint density at radius 3 is 2.20 bits per heavy atom. The van der Waals surface area contributed by atoms with Crippen LogP contribution in [0.15, 0.2) is 126 Å². The summed E-state index contributed by atoms with van der Waals surface area (Å²) in [6.07, 6.45) is 3.18. The third kappa shape index (κ3) is 6.76. The molecule has 0 unspecified atom stereocenters. The van der Waals surface area contributed by atoms with Crippen LogP contribution in [-0.2, 0) is 24.9 Å². The molecule has 45 heavy (non-hydrogen) atoms. The first-order valence-corrected chi connectivity index (χ1v) is 14.9. The molecule has 0 fully saturated rings. The minimum absolute atomic E-state index is 0. The van der Waals surface area contributed by atoms with E-state index in [2.05, 4.69) is 96.0 Å². The molecule has 2 heterocycles. The number of allylic oxidation sites excluding steroid dienone is 2. The molecule has 0 amide bonds. The van der Waals surface area contributed by atoms with Crippen LogP contribution in [-0.4, -0.2) is 15.9 Å². The molecule has 0 spiro atoms.